The molecule has 0 fully saturated rings. The third-order valence-corrected chi connectivity index (χ3v) is 4.98. The third-order valence-electron chi connectivity index (χ3n) is 4.98. The van der Waals surface area contributed by atoms with Crippen molar-refractivity contribution < 1.29 is 18.4 Å². The second-order valence-electron chi connectivity index (χ2n) is 6.99. The largest absolute Gasteiger partial charge is 0.461 e. The molecule has 0 aliphatic carbocycles. The van der Waals surface area contributed by atoms with Crippen LogP contribution in [0.3, 0.4) is 0 Å². The zero-order valence-corrected chi connectivity index (χ0v) is 17.0. The number of ether oxygens (including phenoxy) is 1. The summed E-state index contributed by atoms with van der Waals surface area (Å²) in [5.41, 5.74) is 3.25. The number of rotatable bonds is 5. The number of nitrogens with zero attached hydrogens (tertiary/aromatic N) is 3. The summed E-state index contributed by atoms with van der Waals surface area (Å²) in [7, 11) is 1.98. The number of aromatic nitrogens is 3. The molecule has 0 unspecified atom stereocenters. The average molecular weight is 413 g/mol. The Bertz CT molecular complexity index is 1380. The zero-order valence-electron chi connectivity index (χ0n) is 17.0. The van der Waals surface area contributed by atoms with Crippen molar-refractivity contribution in [2.75, 3.05) is 6.61 Å². The van der Waals surface area contributed by atoms with Gasteiger partial charge >= 0.3 is 5.97 Å². The van der Waals surface area contributed by atoms with Crippen LogP contribution in [-0.4, -0.2) is 27.1 Å². The summed E-state index contributed by atoms with van der Waals surface area (Å²) in [6.07, 6.45) is 3.26. The Morgan fingerprint density at radius 1 is 1.03 bits per heavy atom. The first kappa shape index (κ1) is 18.9. The molecule has 3 aromatic heterocycles. The first-order valence-corrected chi connectivity index (χ1v) is 9.89. The van der Waals surface area contributed by atoms with Crippen LogP contribution in [0.5, 0.6) is 0 Å². The molecule has 0 aliphatic rings. The summed E-state index contributed by atoms with van der Waals surface area (Å²) in [5.74, 6) is 0.607. The van der Waals surface area contributed by atoms with Crippen LogP contribution in [0.1, 0.15) is 17.4 Å². The van der Waals surface area contributed by atoms with Crippen LogP contribution in [-0.2, 0) is 11.8 Å². The molecule has 5 aromatic rings. The van der Waals surface area contributed by atoms with Gasteiger partial charge in [0.05, 0.1) is 6.61 Å². The van der Waals surface area contributed by atoms with Crippen LogP contribution >= 0.6 is 0 Å². The van der Waals surface area contributed by atoms with Gasteiger partial charge in [0.25, 0.3) is 0 Å². The molecule has 0 radical (unpaired) electrons. The van der Waals surface area contributed by atoms with Crippen LogP contribution in [0.15, 0.2) is 75.9 Å². The molecule has 3 heterocycles. The number of esters is 1. The van der Waals surface area contributed by atoms with Gasteiger partial charge in [0.15, 0.2) is 17.1 Å². The Morgan fingerprint density at radius 2 is 1.81 bits per heavy atom. The molecule has 154 valence electrons. The van der Waals surface area contributed by atoms with E-state index in [0.29, 0.717) is 17.3 Å². The SMILES string of the molecule is CCOC(=O)c1coc(-c2nc(-c3ccccc3)oc2-c2cn(C)c3ccccc23)n1. The minimum atomic E-state index is -0.545. The predicted molar refractivity (Wildman–Crippen MR) is 115 cm³/mol. The summed E-state index contributed by atoms with van der Waals surface area (Å²) < 4.78 is 18.9. The van der Waals surface area contributed by atoms with Gasteiger partial charge in [0, 0.05) is 35.3 Å². The molecule has 7 nitrogen and oxygen atoms in total. The molecule has 2 aromatic carbocycles. The molecule has 0 aliphatic heterocycles. The fourth-order valence-corrected chi connectivity index (χ4v) is 3.56. The maximum absolute atomic E-state index is 12.1. The van der Waals surface area contributed by atoms with Gasteiger partial charge in [-0.3, -0.25) is 0 Å². The van der Waals surface area contributed by atoms with Crippen molar-refractivity contribution in [1.29, 1.82) is 0 Å². The van der Waals surface area contributed by atoms with Crippen molar-refractivity contribution in [2.24, 2.45) is 7.05 Å². The Kier molecular flexibility index (Phi) is 4.63. The highest BCUT2D eigenvalue weighted by Gasteiger charge is 2.25. The van der Waals surface area contributed by atoms with Crippen molar-refractivity contribution in [1.82, 2.24) is 14.5 Å². The fourth-order valence-electron chi connectivity index (χ4n) is 3.56. The number of carbonyl (C=O) groups is 1. The normalized spacial score (nSPS) is 11.2. The summed E-state index contributed by atoms with van der Waals surface area (Å²) >= 11 is 0. The van der Waals surface area contributed by atoms with Crippen LogP contribution in [0.2, 0.25) is 0 Å². The lowest BCUT2D eigenvalue weighted by Gasteiger charge is -1.97. The molecule has 5 rings (SSSR count). The van der Waals surface area contributed by atoms with Gasteiger partial charge in [-0.2, -0.15) is 0 Å². The van der Waals surface area contributed by atoms with Gasteiger partial charge in [-0.15, -0.1) is 0 Å². The number of fused-ring (bicyclic) bond motifs is 1. The molecule has 0 N–H and O–H groups in total. The average Bonchev–Trinajstić information content (AvgIpc) is 3.52. The number of hydrogen-bond donors (Lipinski definition) is 0. The van der Waals surface area contributed by atoms with Crippen molar-refractivity contribution in [3.05, 3.63) is 72.8 Å². The first-order chi connectivity index (χ1) is 15.2. The van der Waals surface area contributed by atoms with E-state index < -0.39 is 5.97 Å². The number of carbonyl (C=O) groups excluding carboxylic acids is 1. The molecule has 0 saturated carbocycles. The van der Waals surface area contributed by atoms with Gasteiger partial charge in [-0.1, -0.05) is 36.4 Å². The standard InChI is InChI=1S/C24H19N3O4/c1-3-29-24(28)18-14-30-23(25-18)20-21(31-22(26-20)15-9-5-4-6-10-15)17-13-27(2)19-12-8-7-11-16(17)19/h4-14H,3H2,1-2H3. The van der Waals surface area contributed by atoms with E-state index in [1.54, 1.807) is 6.92 Å². The smallest absolute Gasteiger partial charge is 0.360 e. The van der Waals surface area contributed by atoms with E-state index in [2.05, 4.69) is 9.97 Å². The van der Waals surface area contributed by atoms with E-state index in [1.165, 1.54) is 6.26 Å². The highest BCUT2D eigenvalue weighted by atomic mass is 16.5. The summed E-state index contributed by atoms with van der Waals surface area (Å²) in [6.45, 7) is 1.99. The minimum Gasteiger partial charge on any atom is -0.461 e. The zero-order chi connectivity index (χ0) is 21.4. The lowest BCUT2D eigenvalue weighted by molar-refractivity contribution is 0.0519. The van der Waals surface area contributed by atoms with E-state index in [4.69, 9.17) is 13.6 Å². The second-order valence-corrected chi connectivity index (χ2v) is 6.99. The number of benzene rings is 2. The van der Waals surface area contributed by atoms with Crippen molar-refractivity contribution in [3.63, 3.8) is 0 Å². The fraction of sp³-hybridized carbons (Fsp3) is 0.125. The van der Waals surface area contributed by atoms with E-state index in [0.717, 1.165) is 22.0 Å². The van der Waals surface area contributed by atoms with Crippen LogP contribution in [0.25, 0.3) is 45.3 Å². The molecule has 0 bridgehead atoms. The van der Waals surface area contributed by atoms with E-state index in [9.17, 15) is 4.79 Å². The van der Waals surface area contributed by atoms with Crippen molar-refractivity contribution in [3.8, 4) is 34.4 Å². The highest BCUT2D eigenvalue weighted by Crippen LogP contribution is 2.39. The van der Waals surface area contributed by atoms with E-state index in [-0.39, 0.29) is 18.2 Å². The Balaban J connectivity index is 1.70. The predicted octanol–water partition coefficient (Wildman–Crippen LogP) is 5.33. The lowest BCUT2D eigenvalue weighted by Crippen LogP contribution is -2.04. The molecule has 0 atom stereocenters. The Labute approximate surface area is 177 Å². The highest BCUT2D eigenvalue weighted by molar-refractivity contribution is 5.97. The van der Waals surface area contributed by atoms with Gasteiger partial charge < -0.3 is 18.1 Å². The first-order valence-electron chi connectivity index (χ1n) is 9.89. The monoisotopic (exact) mass is 413 g/mol. The number of hydrogen-bond acceptors (Lipinski definition) is 6. The number of oxazole rings is 2. The summed E-state index contributed by atoms with van der Waals surface area (Å²) in [4.78, 5) is 21.0. The molecular weight excluding hydrogens is 394 g/mol. The number of aryl methyl sites for hydroxylation is 1. The molecule has 0 amide bonds. The third kappa shape index (κ3) is 3.30. The van der Waals surface area contributed by atoms with Crippen LogP contribution in [0.4, 0.5) is 0 Å². The van der Waals surface area contributed by atoms with Gasteiger partial charge in [-0.25, -0.2) is 14.8 Å². The molecule has 7 heteroatoms. The quantitative estimate of drug-likeness (QED) is 0.362. The topological polar surface area (TPSA) is 83.3 Å². The van der Waals surface area contributed by atoms with E-state index in [1.807, 2.05) is 72.4 Å². The van der Waals surface area contributed by atoms with Crippen LogP contribution in [0, 0.1) is 0 Å². The molecular formula is C24H19N3O4. The van der Waals surface area contributed by atoms with Gasteiger partial charge in [0.2, 0.25) is 11.8 Å². The van der Waals surface area contributed by atoms with Crippen LogP contribution < -0.4 is 0 Å². The van der Waals surface area contributed by atoms with Crippen molar-refractivity contribution >= 4 is 16.9 Å². The second kappa shape index (κ2) is 7.60. The van der Waals surface area contributed by atoms with Gasteiger partial charge in [-0.05, 0) is 25.1 Å². The van der Waals surface area contributed by atoms with Gasteiger partial charge in [0.1, 0.15) is 6.26 Å². The van der Waals surface area contributed by atoms with E-state index >= 15 is 0 Å². The molecule has 0 saturated heterocycles. The van der Waals surface area contributed by atoms with Crippen molar-refractivity contribution in [2.45, 2.75) is 6.92 Å². The maximum Gasteiger partial charge on any atom is 0.360 e. The Hall–Kier alpha value is -4.13. The molecule has 31 heavy (non-hydrogen) atoms. The summed E-state index contributed by atoms with van der Waals surface area (Å²) in [6, 6.07) is 17.6. The summed E-state index contributed by atoms with van der Waals surface area (Å²) in [5, 5.41) is 1.01. The number of para-hydroxylation sites is 1. The minimum absolute atomic E-state index is 0.0879. The lowest BCUT2D eigenvalue weighted by atomic mass is 10.1. The maximum atomic E-state index is 12.1. The molecule has 0 spiro atoms. The Morgan fingerprint density at radius 3 is 2.61 bits per heavy atom.